The van der Waals surface area contributed by atoms with Gasteiger partial charge in [0.1, 0.15) is 0 Å². The molecule has 0 aromatic heterocycles. The molecule has 6 heteroatoms. The van der Waals surface area contributed by atoms with E-state index in [1.54, 1.807) is 0 Å². The van der Waals surface area contributed by atoms with Crippen molar-refractivity contribution in [2.24, 2.45) is 0 Å². The maximum atomic E-state index is 12.6. The molecule has 0 aliphatic heterocycles. The Morgan fingerprint density at radius 1 is 1.25 bits per heavy atom. The Morgan fingerprint density at radius 3 is 2.25 bits per heavy atom. The number of aliphatic hydroxyl groups is 1. The number of nitrogen functional groups attached to an aromatic ring is 1. The molecule has 20 heavy (non-hydrogen) atoms. The molecular formula is C14H21F3N2O. The fourth-order valence-electron chi connectivity index (χ4n) is 2.33. The van der Waals surface area contributed by atoms with Crippen molar-refractivity contribution in [2.75, 3.05) is 23.8 Å². The molecule has 0 radical (unpaired) electrons. The maximum Gasteiger partial charge on any atom is 0.416 e. The lowest BCUT2D eigenvalue weighted by Gasteiger charge is -2.33. The van der Waals surface area contributed by atoms with Crippen LogP contribution in [-0.4, -0.2) is 24.3 Å². The van der Waals surface area contributed by atoms with Gasteiger partial charge in [0.25, 0.3) is 0 Å². The van der Waals surface area contributed by atoms with Gasteiger partial charge in [-0.3, -0.25) is 0 Å². The highest BCUT2D eigenvalue weighted by molar-refractivity contribution is 5.69. The molecule has 3 N–H and O–H groups in total. The third kappa shape index (κ3) is 3.79. The Hall–Kier alpha value is -1.43. The van der Waals surface area contributed by atoms with E-state index in [0.717, 1.165) is 25.0 Å². The zero-order valence-electron chi connectivity index (χ0n) is 11.7. The van der Waals surface area contributed by atoms with Crippen LogP contribution < -0.4 is 10.6 Å². The summed E-state index contributed by atoms with van der Waals surface area (Å²) in [5, 5.41) is 9.15. The van der Waals surface area contributed by atoms with Crippen LogP contribution in [0.25, 0.3) is 0 Å². The summed E-state index contributed by atoms with van der Waals surface area (Å²) in [6.07, 6.45) is -2.74. The maximum absolute atomic E-state index is 12.6. The van der Waals surface area contributed by atoms with Crippen LogP contribution in [0.15, 0.2) is 18.2 Å². The average molecular weight is 290 g/mol. The van der Waals surface area contributed by atoms with Crippen molar-refractivity contribution in [3.8, 4) is 0 Å². The Bertz CT molecular complexity index is 431. The smallest absolute Gasteiger partial charge is 0.397 e. The van der Waals surface area contributed by atoms with E-state index in [1.165, 1.54) is 6.07 Å². The zero-order valence-corrected chi connectivity index (χ0v) is 11.7. The van der Waals surface area contributed by atoms with E-state index in [1.807, 2.05) is 18.7 Å². The average Bonchev–Trinajstić information content (AvgIpc) is 2.38. The van der Waals surface area contributed by atoms with Crippen LogP contribution in [0.2, 0.25) is 0 Å². The largest absolute Gasteiger partial charge is 0.416 e. The monoisotopic (exact) mass is 290 g/mol. The minimum atomic E-state index is -4.40. The van der Waals surface area contributed by atoms with Crippen LogP contribution in [0.1, 0.15) is 32.3 Å². The number of nitrogens with zero attached hydrogens (tertiary/aromatic N) is 1. The molecule has 0 saturated heterocycles. The first kappa shape index (κ1) is 16.6. The first-order valence-corrected chi connectivity index (χ1v) is 6.69. The van der Waals surface area contributed by atoms with Gasteiger partial charge in [-0.15, -0.1) is 0 Å². The second kappa shape index (κ2) is 6.83. The van der Waals surface area contributed by atoms with Gasteiger partial charge in [0.05, 0.1) is 23.5 Å². The van der Waals surface area contributed by atoms with Gasteiger partial charge in [-0.1, -0.05) is 13.8 Å². The molecular weight excluding hydrogens is 269 g/mol. The van der Waals surface area contributed by atoms with E-state index in [0.29, 0.717) is 12.2 Å². The molecule has 1 aromatic rings. The van der Waals surface area contributed by atoms with Crippen LogP contribution in [0, 0.1) is 0 Å². The summed E-state index contributed by atoms with van der Waals surface area (Å²) in [4.78, 5) is 1.87. The minimum absolute atomic E-state index is 0.0725. The van der Waals surface area contributed by atoms with Crippen LogP contribution in [0.3, 0.4) is 0 Å². The van der Waals surface area contributed by atoms with Crippen LogP contribution in [0.4, 0.5) is 24.5 Å². The number of aliphatic hydroxyl groups excluding tert-OH is 1. The predicted octanol–water partition coefficient (Wildman–Crippen LogP) is 3.27. The summed E-state index contributed by atoms with van der Waals surface area (Å²) in [5.74, 6) is 0. The second-order valence-electron chi connectivity index (χ2n) is 4.66. The van der Waals surface area contributed by atoms with Crippen molar-refractivity contribution in [1.29, 1.82) is 0 Å². The molecule has 1 rings (SSSR count). The van der Waals surface area contributed by atoms with Gasteiger partial charge >= 0.3 is 6.18 Å². The molecule has 0 spiro atoms. The summed E-state index contributed by atoms with van der Waals surface area (Å²) in [7, 11) is 0. The highest BCUT2D eigenvalue weighted by Gasteiger charge is 2.31. The summed E-state index contributed by atoms with van der Waals surface area (Å²) in [6.45, 7) is 4.27. The number of nitrogens with two attached hydrogens (primary N) is 1. The number of rotatable bonds is 6. The molecule has 0 bridgehead atoms. The third-order valence-electron chi connectivity index (χ3n) is 3.39. The molecule has 0 atom stereocenters. The van der Waals surface area contributed by atoms with E-state index >= 15 is 0 Å². The Balaban J connectivity index is 3.15. The molecule has 0 amide bonds. The van der Waals surface area contributed by atoms with Crippen molar-refractivity contribution in [3.05, 3.63) is 23.8 Å². The van der Waals surface area contributed by atoms with Gasteiger partial charge in [0.15, 0.2) is 0 Å². The molecule has 0 unspecified atom stereocenters. The van der Waals surface area contributed by atoms with Crippen LogP contribution in [-0.2, 0) is 6.18 Å². The van der Waals surface area contributed by atoms with Gasteiger partial charge in [0, 0.05) is 12.6 Å². The fraction of sp³-hybridized carbons (Fsp3) is 0.571. The van der Waals surface area contributed by atoms with Gasteiger partial charge in [-0.25, -0.2) is 0 Å². The lowest BCUT2D eigenvalue weighted by molar-refractivity contribution is -0.137. The predicted molar refractivity (Wildman–Crippen MR) is 74.7 cm³/mol. The SMILES string of the molecule is CCC(CC)N(CCO)c1ccc(C(F)(F)F)cc1N. The zero-order chi connectivity index (χ0) is 15.3. The van der Waals surface area contributed by atoms with E-state index in [9.17, 15) is 13.2 Å². The van der Waals surface area contributed by atoms with Crippen molar-refractivity contribution in [1.82, 2.24) is 0 Å². The molecule has 0 aliphatic carbocycles. The van der Waals surface area contributed by atoms with Gasteiger partial charge < -0.3 is 15.7 Å². The quantitative estimate of drug-likeness (QED) is 0.791. The summed E-state index contributed by atoms with van der Waals surface area (Å²) in [6, 6.07) is 3.49. The summed E-state index contributed by atoms with van der Waals surface area (Å²) in [5.41, 5.74) is 5.64. The first-order chi connectivity index (χ1) is 9.35. The van der Waals surface area contributed by atoms with E-state index in [4.69, 9.17) is 10.8 Å². The number of halogens is 3. The van der Waals surface area contributed by atoms with Gasteiger partial charge in [-0.05, 0) is 31.0 Å². The second-order valence-corrected chi connectivity index (χ2v) is 4.66. The number of hydrogen-bond donors (Lipinski definition) is 2. The Kier molecular flexibility index (Phi) is 5.68. The van der Waals surface area contributed by atoms with Crippen molar-refractivity contribution in [3.63, 3.8) is 0 Å². The summed E-state index contributed by atoms with van der Waals surface area (Å²) >= 11 is 0. The van der Waals surface area contributed by atoms with E-state index in [2.05, 4.69) is 0 Å². The molecule has 0 heterocycles. The van der Waals surface area contributed by atoms with Crippen molar-refractivity contribution >= 4 is 11.4 Å². The minimum Gasteiger partial charge on any atom is -0.397 e. The highest BCUT2D eigenvalue weighted by atomic mass is 19.4. The van der Waals surface area contributed by atoms with E-state index < -0.39 is 11.7 Å². The molecule has 114 valence electrons. The van der Waals surface area contributed by atoms with Gasteiger partial charge in [0.2, 0.25) is 0 Å². The topological polar surface area (TPSA) is 49.5 Å². The Morgan fingerprint density at radius 2 is 1.85 bits per heavy atom. The molecule has 0 fully saturated rings. The molecule has 0 saturated carbocycles. The molecule has 1 aromatic carbocycles. The number of anilines is 2. The summed E-state index contributed by atoms with van der Waals surface area (Å²) < 4.78 is 37.9. The highest BCUT2D eigenvalue weighted by Crippen LogP contribution is 2.35. The molecule has 3 nitrogen and oxygen atoms in total. The van der Waals surface area contributed by atoms with Crippen molar-refractivity contribution < 1.29 is 18.3 Å². The number of alkyl halides is 3. The van der Waals surface area contributed by atoms with Crippen LogP contribution in [0.5, 0.6) is 0 Å². The Labute approximate surface area is 117 Å². The van der Waals surface area contributed by atoms with Gasteiger partial charge in [-0.2, -0.15) is 13.2 Å². The number of hydrogen-bond acceptors (Lipinski definition) is 3. The lowest BCUT2D eigenvalue weighted by atomic mass is 10.1. The van der Waals surface area contributed by atoms with E-state index in [-0.39, 0.29) is 18.3 Å². The standard InChI is InChI=1S/C14H21F3N2O/c1-3-11(4-2)19(7-8-20)13-6-5-10(9-12(13)18)14(15,16)17/h5-6,9,11,20H,3-4,7-8,18H2,1-2H3. The lowest BCUT2D eigenvalue weighted by Crippen LogP contribution is -2.37. The normalized spacial score (nSPS) is 11.9. The fourth-order valence-corrected chi connectivity index (χ4v) is 2.33. The van der Waals surface area contributed by atoms with Crippen LogP contribution >= 0.6 is 0 Å². The third-order valence-corrected chi connectivity index (χ3v) is 3.39. The molecule has 0 aliphatic rings. The van der Waals surface area contributed by atoms with Crippen molar-refractivity contribution in [2.45, 2.75) is 38.9 Å². The number of benzene rings is 1. The first-order valence-electron chi connectivity index (χ1n) is 6.69.